The molecule has 1 heterocycles. The van der Waals surface area contributed by atoms with Crippen LogP contribution in [0, 0.1) is 11.8 Å². The first-order valence-electron chi connectivity index (χ1n) is 5.62. The van der Waals surface area contributed by atoms with Crippen LogP contribution in [0.5, 0.6) is 0 Å². The normalized spacial score (nSPS) is 21.1. The molecule has 1 amide bonds. The van der Waals surface area contributed by atoms with Crippen LogP contribution in [0.3, 0.4) is 0 Å². The number of hydrogen-bond donors (Lipinski definition) is 1. The largest absolute Gasteiger partial charge is 0.481 e. The van der Waals surface area contributed by atoms with Gasteiger partial charge in [0.25, 0.3) is 0 Å². The molecule has 1 saturated heterocycles. The molecule has 0 aromatic carbocycles. The highest BCUT2D eigenvalue weighted by atomic mass is 16.6. The molecule has 92 valence electrons. The molecule has 1 fully saturated rings. The van der Waals surface area contributed by atoms with Crippen LogP contribution in [0.15, 0.2) is 0 Å². The van der Waals surface area contributed by atoms with Gasteiger partial charge in [0.2, 0.25) is 0 Å². The van der Waals surface area contributed by atoms with Gasteiger partial charge in [0.1, 0.15) is 0 Å². The minimum atomic E-state index is -0.799. The molecule has 1 rings (SSSR count). The number of ether oxygens (including phenoxy) is 1. The van der Waals surface area contributed by atoms with Crippen molar-refractivity contribution in [3.05, 3.63) is 0 Å². The predicted molar refractivity (Wildman–Crippen MR) is 58.1 cm³/mol. The fourth-order valence-corrected chi connectivity index (χ4v) is 1.81. The lowest BCUT2D eigenvalue weighted by atomic mass is 10.0. The first-order valence-corrected chi connectivity index (χ1v) is 5.62. The minimum Gasteiger partial charge on any atom is -0.481 e. The number of hydrogen-bond acceptors (Lipinski definition) is 3. The average molecular weight is 229 g/mol. The van der Waals surface area contributed by atoms with Crippen molar-refractivity contribution in [1.29, 1.82) is 0 Å². The molecule has 1 aliphatic heterocycles. The smallest absolute Gasteiger partial charge is 0.409 e. The monoisotopic (exact) mass is 229 g/mol. The molecule has 16 heavy (non-hydrogen) atoms. The van der Waals surface area contributed by atoms with Crippen molar-refractivity contribution in [3.8, 4) is 0 Å². The Hall–Kier alpha value is -1.26. The molecular formula is C11H19NO4. The third-order valence-corrected chi connectivity index (χ3v) is 2.53. The molecule has 1 aliphatic rings. The van der Waals surface area contributed by atoms with E-state index in [4.69, 9.17) is 9.84 Å². The Morgan fingerprint density at radius 2 is 2.31 bits per heavy atom. The maximum absolute atomic E-state index is 11.4. The number of carbonyl (C=O) groups is 2. The van der Waals surface area contributed by atoms with Crippen LogP contribution >= 0.6 is 0 Å². The Balaban J connectivity index is 2.40. The molecule has 0 aliphatic carbocycles. The molecule has 0 spiro atoms. The molecule has 0 bridgehead atoms. The summed E-state index contributed by atoms with van der Waals surface area (Å²) in [4.78, 5) is 23.5. The minimum absolute atomic E-state index is 0.137. The summed E-state index contributed by atoms with van der Waals surface area (Å²) in [6, 6.07) is 0. The van der Waals surface area contributed by atoms with Gasteiger partial charge in [0, 0.05) is 25.4 Å². The summed E-state index contributed by atoms with van der Waals surface area (Å²) in [6.45, 7) is 5.70. The van der Waals surface area contributed by atoms with Crippen LogP contribution in [0.1, 0.15) is 26.7 Å². The molecule has 5 heteroatoms. The van der Waals surface area contributed by atoms with E-state index in [-0.39, 0.29) is 18.4 Å². The van der Waals surface area contributed by atoms with E-state index in [1.807, 2.05) is 13.8 Å². The van der Waals surface area contributed by atoms with Gasteiger partial charge in [-0.15, -0.1) is 0 Å². The van der Waals surface area contributed by atoms with E-state index in [9.17, 15) is 9.59 Å². The summed E-state index contributed by atoms with van der Waals surface area (Å²) in [5.41, 5.74) is 0. The number of carbonyl (C=O) groups excluding carboxylic acids is 1. The zero-order valence-electron chi connectivity index (χ0n) is 9.81. The van der Waals surface area contributed by atoms with Gasteiger partial charge in [-0.3, -0.25) is 4.79 Å². The number of carboxylic acids is 1. The Morgan fingerprint density at radius 1 is 1.62 bits per heavy atom. The van der Waals surface area contributed by atoms with Crippen molar-refractivity contribution in [2.75, 3.05) is 19.7 Å². The molecule has 5 nitrogen and oxygen atoms in total. The third kappa shape index (κ3) is 4.08. The number of amides is 1. The van der Waals surface area contributed by atoms with E-state index < -0.39 is 5.97 Å². The third-order valence-electron chi connectivity index (χ3n) is 2.53. The van der Waals surface area contributed by atoms with Crippen LogP contribution in [-0.2, 0) is 9.53 Å². The molecule has 0 saturated carbocycles. The lowest BCUT2D eigenvalue weighted by molar-refractivity contribution is -0.137. The van der Waals surface area contributed by atoms with Crippen molar-refractivity contribution in [2.45, 2.75) is 26.7 Å². The van der Waals surface area contributed by atoms with Gasteiger partial charge in [-0.25, -0.2) is 4.79 Å². The molecule has 0 aromatic rings. The topological polar surface area (TPSA) is 66.8 Å². The van der Waals surface area contributed by atoms with Crippen LogP contribution in [0.4, 0.5) is 4.79 Å². The van der Waals surface area contributed by atoms with Crippen LogP contribution in [0.25, 0.3) is 0 Å². The summed E-state index contributed by atoms with van der Waals surface area (Å²) in [5.74, 6) is -0.259. The predicted octanol–water partition coefficient (Wildman–Crippen LogP) is 1.58. The van der Waals surface area contributed by atoms with Gasteiger partial charge in [0.05, 0.1) is 6.61 Å². The summed E-state index contributed by atoms with van der Waals surface area (Å²) in [5, 5.41) is 8.59. The number of aliphatic carboxylic acids is 1. The van der Waals surface area contributed by atoms with E-state index in [1.165, 1.54) is 0 Å². The summed E-state index contributed by atoms with van der Waals surface area (Å²) < 4.78 is 5.03. The van der Waals surface area contributed by atoms with Gasteiger partial charge in [-0.2, -0.15) is 0 Å². The highest BCUT2D eigenvalue weighted by Gasteiger charge is 2.27. The second kappa shape index (κ2) is 5.72. The molecule has 1 unspecified atom stereocenters. The van der Waals surface area contributed by atoms with Crippen molar-refractivity contribution in [1.82, 2.24) is 4.90 Å². The molecule has 0 radical (unpaired) electrons. The van der Waals surface area contributed by atoms with Gasteiger partial charge in [-0.05, 0) is 12.3 Å². The van der Waals surface area contributed by atoms with Gasteiger partial charge in [0.15, 0.2) is 0 Å². The Kier molecular flexibility index (Phi) is 4.58. The Labute approximate surface area is 95.4 Å². The van der Waals surface area contributed by atoms with Gasteiger partial charge < -0.3 is 14.7 Å². The summed E-state index contributed by atoms with van der Waals surface area (Å²) in [6.07, 6.45) is 0.426. The maximum Gasteiger partial charge on any atom is 0.409 e. The molecule has 1 atom stereocenters. The van der Waals surface area contributed by atoms with Crippen LogP contribution in [-0.4, -0.2) is 41.8 Å². The number of carboxylic acid groups (broad SMARTS) is 1. The summed E-state index contributed by atoms with van der Waals surface area (Å²) >= 11 is 0. The van der Waals surface area contributed by atoms with E-state index in [2.05, 4.69) is 0 Å². The van der Waals surface area contributed by atoms with Gasteiger partial charge in [-0.1, -0.05) is 13.8 Å². The lowest BCUT2D eigenvalue weighted by Gasteiger charge is -2.33. The zero-order valence-corrected chi connectivity index (χ0v) is 9.81. The van der Waals surface area contributed by atoms with Gasteiger partial charge >= 0.3 is 12.1 Å². The maximum atomic E-state index is 11.4. The van der Waals surface area contributed by atoms with Crippen molar-refractivity contribution in [3.63, 3.8) is 0 Å². The first-order chi connectivity index (χ1) is 7.49. The van der Waals surface area contributed by atoms with Crippen LogP contribution in [0.2, 0.25) is 0 Å². The van der Waals surface area contributed by atoms with E-state index >= 15 is 0 Å². The fraction of sp³-hybridized carbons (Fsp3) is 0.818. The first kappa shape index (κ1) is 12.8. The average Bonchev–Trinajstić information content (AvgIpc) is 2.18. The van der Waals surface area contributed by atoms with E-state index in [1.54, 1.807) is 4.90 Å². The quantitative estimate of drug-likeness (QED) is 0.777. The number of cyclic esters (lactones) is 1. The summed E-state index contributed by atoms with van der Waals surface area (Å²) in [7, 11) is 0. The highest BCUT2D eigenvalue weighted by molar-refractivity contribution is 5.68. The van der Waals surface area contributed by atoms with Crippen LogP contribution < -0.4 is 0 Å². The SMILES string of the molecule is CC(C)CN1CC(CCC(=O)O)COC1=O. The molecule has 1 N–H and O–H groups in total. The second-order valence-corrected chi connectivity index (χ2v) is 4.67. The van der Waals surface area contributed by atoms with Crippen molar-refractivity contribution >= 4 is 12.1 Å². The van der Waals surface area contributed by atoms with Crippen molar-refractivity contribution < 1.29 is 19.4 Å². The number of rotatable bonds is 5. The molecule has 0 aromatic heterocycles. The standard InChI is InChI=1S/C11H19NO4/c1-8(2)5-12-6-9(3-4-10(13)14)7-16-11(12)15/h8-9H,3-7H2,1-2H3,(H,13,14). The van der Waals surface area contributed by atoms with E-state index in [0.29, 0.717) is 32.0 Å². The lowest BCUT2D eigenvalue weighted by Crippen LogP contribution is -2.44. The fourth-order valence-electron chi connectivity index (χ4n) is 1.81. The Bertz CT molecular complexity index is 265. The second-order valence-electron chi connectivity index (χ2n) is 4.67. The number of nitrogens with zero attached hydrogens (tertiary/aromatic N) is 1. The highest BCUT2D eigenvalue weighted by Crippen LogP contribution is 2.17. The Morgan fingerprint density at radius 3 is 2.88 bits per heavy atom. The van der Waals surface area contributed by atoms with E-state index in [0.717, 1.165) is 0 Å². The molecular weight excluding hydrogens is 210 g/mol. The zero-order chi connectivity index (χ0) is 12.1. The van der Waals surface area contributed by atoms with Crippen molar-refractivity contribution in [2.24, 2.45) is 11.8 Å².